The molecule has 1 aromatic carbocycles. The molecule has 0 radical (unpaired) electrons. The zero-order valence-corrected chi connectivity index (χ0v) is 11.7. The fraction of sp³-hybridized carbons (Fsp3) is 0.562. The molecule has 1 aromatic rings. The summed E-state index contributed by atoms with van der Waals surface area (Å²) in [7, 11) is 0. The summed E-state index contributed by atoms with van der Waals surface area (Å²) in [4.78, 5) is 13.9. The predicted molar refractivity (Wildman–Crippen MR) is 77.3 cm³/mol. The molecule has 2 aliphatic rings. The van der Waals surface area contributed by atoms with Gasteiger partial charge in [-0.1, -0.05) is 30.3 Å². The van der Waals surface area contributed by atoms with Crippen LogP contribution in [-0.2, 0) is 11.3 Å². The van der Waals surface area contributed by atoms with E-state index in [-0.39, 0.29) is 5.92 Å². The van der Waals surface area contributed by atoms with Crippen LogP contribution in [-0.4, -0.2) is 42.2 Å². The van der Waals surface area contributed by atoms with Crippen molar-refractivity contribution in [2.45, 2.75) is 13.0 Å². The number of piperidine rings is 2. The molecule has 2 fully saturated rings. The lowest BCUT2D eigenvalue weighted by atomic mass is 9.74. The van der Waals surface area contributed by atoms with Crippen molar-refractivity contribution in [3.63, 3.8) is 0 Å². The SMILES string of the molecule is O=C(O)C1CN(Cc2ccccc2)CC2CNCCC21. The van der Waals surface area contributed by atoms with E-state index in [1.807, 2.05) is 18.2 Å². The van der Waals surface area contributed by atoms with Crippen LogP contribution in [0, 0.1) is 17.8 Å². The first-order chi connectivity index (χ1) is 9.74. The van der Waals surface area contributed by atoms with Crippen LogP contribution in [0.1, 0.15) is 12.0 Å². The fourth-order valence-corrected chi connectivity index (χ4v) is 3.72. The number of fused-ring (bicyclic) bond motifs is 1. The number of hydrogen-bond acceptors (Lipinski definition) is 3. The Morgan fingerprint density at radius 2 is 2.10 bits per heavy atom. The number of hydrogen-bond donors (Lipinski definition) is 2. The number of benzene rings is 1. The van der Waals surface area contributed by atoms with E-state index in [2.05, 4.69) is 22.3 Å². The van der Waals surface area contributed by atoms with Gasteiger partial charge in [0, 0.05) is 19.6 Å². The Morgan fingerprint density at radius 3 is 2.85 bits per heavy atom. The summed E-state index contributed by atoms with van der Waals surface area (Å²) in [5.41, 5.74) is 1.26. The normalized spacial score (nSPS) is 30.7. The number of nitrogens with one attached hydrogen (secondary N) is 1. The lowest BCUT2D eigenvalue weighted by Crippen LogP contribution is -2.54. The van der Waals surface area contributed by atoms with Gasteiger partial charge in [0.15, 0.2) is 0 Å². The topological polar surface area (TPSA) is 52.6 Å². The fourth-order valence-electron chi connectivity index (χ4n) is 3.72. The smallest absolute Gasteiger partial charge is 0.308 e. The molecule has 0 aromatic heterocycles. The highest BCUT2D eigenvalue weighted by Gasteiger charge is 2.41. The van der Waals surface area contributed by atoms with Crippen molar-refractivity contribution < 1.29 is 9.90 Å². The second-order valence-electron chi connectivity index (χ2n) is 6.04. The molecule has 0 amide bonds. The van der Waals surface area contributed by atoms with Crippen LogP contribution in [0.2, 0.25) is 0 Å². The van der Waals surface area contributed by atoms with E-state index >= 15 is 0 Å². The van der Waals surface area contributed by atoms with Crippen molar-refractivity contribution in [2.24, 2.45) is 17.8 Å². The third-order valence-corrected chi connectivity index (χ3v) is 4.70. The molecule has 4 nitrogen and oxygen atoms in total. The molecule has 2 heterocycles. The van der Waals surface area contributed by atoms with Crippen molar-refractivity contribution in [2.75, 3.05) is 26.2 Å². The Balaban J connectivity index is 1.72. The Kier molecular flexibility index (Phi) is 4.03. The van der Waals surface area contributed by atoms with E-state index in [1.54, 1.807) is 0 Å². The van der Waals surface area contributed by atoms with E-state index in [4.69, 9.17) is 0 Å². The number of carboxylic acid groups (broad SMARTS) is 1. The van der Waals surface area contributed by atoms with Gasteiger partial charge in [0.2, 0.25) is 0 Å². The van der Waals surface area contributed by atoms with Crippen LogP contribution >= 0.6 is 0 Å². The van der Waals surface area contributed by atoms with Gasteiger partial charge in [0.1, 0.15) is 0 Å². The quantitative estimate of drug-likeness (QED) is 0.875. The molecular weight excluding hydrogens is 252 g/mol. The third-order valence-electron chi connectivity index (χ3n) is 4.70. The summed E-state index contributed by atoms with van der Waals surface area (Å²) < 4.78 is 0. The highest BCUT2D eigenvalue weighted by atomic mass is 16.4. The molecular formula is C16H22N2O2. The van der Waals surface area contributed by atoms with Gasteiger partial charge < -0.3 is 10.4 Å². The molecule has 20 heavy (non-hydrogen) atoms. The van der Waals surface area contributed by atoms with E-state index in [9.17, 15) is 9.90 Å². The number of carboxylic acids is 1. The van der Waals surface area contributed by atoms with Gasteiger partial charge in [-0.15, -0.1) is 0 Å². The highest BCUT2D eigenvalue weighted by Crippen LogP contribution is 2.33. The summed E-state index contributed by atoms with van der Waals surface area (Å²) in [6.07, 6.45) is 1.00. The average Bonchev–Trinajstić information content (AvgIpc) is 2.47. The summed E-state index contributed by atoms with van der Waals surface area (Å²) in [6.45, 7) is 4.47. The monoisotopic (exact) mass is 274 g/mol. The predicted octanol–water partition coefficient (Wildman–Crippen LogP) is 1.43. The first-order valence-corrected chi connectivity index (χ1v) is 7.44. The van der Waals surface area contributed by atoms with Gasteiger partial charge in [-0.3, -0.25) is 9.69 Å². The van der Waals surface area contributed by atoms with Crippen LogP contribution in [0.4, 0.5) is 0 Å². The van der Waals surface area contributed by atoms with Crippen LogP contribution in [0.3, 0.4) is 0 Å². The molecule has 2 N–H and O–H groups in total. The zero-order chi connectivity index (χ0) is 13.9. The van der Waals surface area contributed by atoms with Crippen molar-refractivity contribution in [1.29, 1.82) is 0 Å². The molecule has 4 heteroatoms. The van der Waals surface area contributed by atoms with Crippen LogP contribution in [0.15, 0.2) is 30.3 Å². The van der Waals surface area contributed by atoms with Crippen LogP contribution in [0.25, 0.3) is 0 Å². The minimum Gasteiger partial charge on any atom is -0.481 e. The lowest BCUT2D eigenvalue weighted by molar-refractivity contribution is -0.148. The second kappa shape index (κ2) is 5.94. The van der Waals surface area contributed by atoms with Gasteiger partial charge in [-0.2, -0.15) is 0 Å². The Labute approximate surface area is 119 Å². The zero-order valence-electron chi connectivity index (χ0n) is 11.7. The maximum absolute atomic E-state index is 11.6. The Morgan fingerprint density at radius 1 is 1.30 bits per heavy atom. The van der Waals surface area contributed by atoms with Gasteiger partial charge in [0.05, 0.1) is 5.92 Å². The standard InChI is InChI=1S/C16H22N2O2/c19-16(20)15-11-18(9-12-4-2-1-3-5-12)10-13-8-17-7-6-14(13)15/h1-5,13-15,17H,6-11H2,(H,19,20). The first kappa shape index (κ1) is 13.6. The number of aliphatic carboxylic acids is 1. The van der Waals surface area contributed by atoms with Gasteiger partial charge in [-0.25, -0.2) is 0 Å². The summed E-state index contributed by atoms with van der Waals surface area (Å²) in [6, 6.07) is 10.3. The molecule has 0 bridgehead atoms. The molecule has 0 aliphatic carbocycles. The lowest BCUT2D eigenvalue weighted by Gasteiger charge is -2.45. The minimum atomic E-state index is -0.625. The van der Waals surface area contributed by atoms with Crippen LogP contribution < -0.4 is 5.32 Å². The molecule has 3 unspecified atom stereocenters. The van der Waals surface area contributed by atoms with Gasteiger partial charge >= 0.3 is 5.97 Å². The first-order valence-electron chi connectivity index (χ1n) is 7.44. The third kappa shape index (κ3) is 2.86. The summed E-state index contributed by atoms with van der Waals surface area (Å²) in [5, 5.41) is 12.9. The number of rotatable bonds is 3. The maximum Gasteiger partial charge on any atom is 0.308 e. The average molecular weight is 274 g/mol. The molecule has 0 spiro atoms. The van der Waals surface area contributed by atoms with Gasteiger partial charge in [-0.05, 0) is 36.9 Å². The van der Waals surface area contributed by atoms with Gasteiger partial charge in [0.25, 0.3) is 0 Å². The minimum absolute atomic E-state index is 0.209. The van der Waals surface area contributed by atoms with E-state index in [0.717, 1.165) is 32.6 Å². The molecule has 108 valence electrons. The molecule has 3 rings (SSSR count). The Hall–Kier alpha value is -1.39. The van der Waals surface area contributed by atoms with E-state index in [1.165, 1.54) is 5.56 Å². The molecule has 3 atom stereocenters. The maximum atomic E-state index is 11.6. The van der Waals surface area contributed by atoms with Crippen molar-refractivity contribution in [3.05, 3.63) is 35.9 Å². The van der Waals surface area contributed by atoms with Crippen molar-refractivity contribution >= 4 is 5.97 Å². The van der Waals surface area contributed by atoms with Crippen molar-refractivity contribution in [3.8, 4) is 0 Å². The van der Waals surface area contributed by atoms with E-state index in [0.29, 0.717) is 18.4 Å². The molecule has 2 aliphatic heterocycles. The highest BCUT2D eigenvalue weighted by molar-refractivity contribution is 5.71. The van der Waals surface area contributed by atoms with Crippen LogP contribution in [0.5, 0.6) is 0 Å². The second-order valence-corrected chi connectivity index (χ2v) is 6.04. The summed E-state index contributed by atoms with van der Waals surface area (Å²) >= 11 is 0. The Bertz CT molecular complexity index is 463. The number of nitrogens with zero attached hydrogens (tertiary/aromatic N) is 1. The molecule has 2 saturated heterocycles. The number of likely N-dealkylation sites (tertiary alicyclic amines) is 1. The van der Waals surface area contributed by atoms with Crippen molar-refractivity contribution in [1.82, 2.24) is 10.2 Å². The van der Waals surface area contributed by atoms with E-state index < -0.39 is 5.97 Å². The largest absolute Gasteiger partial charge is 0.481 e. The number of carbonyl (C=O) groups is 1. The summed E-state index contributed by atoms with van der Waals surface area (Å²) in [5.74, 6) is -0.0118. The molecule has 0 saturated carbocycles.